The summed E-state index contributed by atoms with van der Waals surface area (Å²) in [7, 11) is 0. The molecule has 0 aromatic heterocycles. The minimum Gasteiger partial charge on any atom is -0.301 e. The molecule has 2 nitrogen and oxygen atoms in total. The Hall–Kier alpha value is -0.0800. The van der Waals surface area contributed by atoms with Gasteiger partial charge in [-0.05, 0) is 24.3 Å². The number of rotatable bonds is 6. The third-order valence-corrected chi connectivity index (χ3v) is 4.15. The van der Waals surface area contributed by atoms with Gasteiger partial charge in [-0.15, -0.1) is 0 Å². The van der Waals surface area contributed by atoms with Gasteiger partial charge in [0.05, 0.1) is 0 Å². The highest BCUT2D eigenvalue weighted by Crippen LogP contribution is 2.24. The lowest BCUT2D eigenvalue weighted by molar-refractivity contribution is 0.110. The molecule has 0 bridgehead atoms. The van der Waals surface area contributed by atoms with Crippen molar-refractivity contribution in [2.45, 2.75) is 47.5 Å². The molecule has 1 heterocycles. The van der Waals surface area contributed by atoms with Crippen LogP contribution in [-0.4, -0.2) is 49.1 Å². The standard InChI is InChI=1S/C15H32N2/c1-6-15(4,5)7-8-16-9-11-17(12-10-16)13-14(2)3/h14H,6-13H2,1-5H3. The minimum atomic E-state index is 0.523. The van der Waals surface area contributed by atoms with Gasteiger partial charge in [-0.2, -0.15) is 0 Å². The molecule has 102 valence electrons. The van der Waals surface area contributed by atoms with Crippen LogP contribution in [0.25, 0.3) is 0 Å². The van der Waals surface area contributed by atoms with E-state index in [4.69, 9.17) is 0 Å². The summed E-state index contributed by atoms with van der Waals surface area (Å²) in [6.45, 7) is 19.4. The van der Waals surface area contributed by atoms with Gasteiger partial charge in [-0.3, -0.25) is 0 Å². The molecule has 0 aromatic rings. The van der Waals surface area contributed by atoms with E-state index in [-0.39, 0.29) is 0 Å². The first-order valence-electron chi connectivity index (χ1n) is 7.37. The van der Waals surface area contributed by atoms with E-state index in [1.54, 1.807) is 0 Å². The lowest BCUT2D eigenvalue weighted by atomic mass is 9.86. The quantitative estimate of drug-likeness (QED) is 0.704. The van der Waals surface area contributed by atoms with Crippen molar-refractivity contribution in [2.24, 2.45) is 11.3 Å². The van der Waals surface area contributed by atoms with Crippen LogP contribution in [-0.2, 0) is 0 Å². The van der Waals surface area contributed by atoms with Crippen LogP contribution in [0.1, 0.15) is 47.5 Å². The molecule has 0 spiro atoms. The molecule has 0 saturated carbocycles. The molecule has 0 amide bonds. The first-order valence-corrected chi connectivity index (χ1v) is 7.37. The fourth-order valence-corrected chi connectivity index (χ4v) is 2.35. The van der Waals surface area contributed by atoms with Gasteiger partial charge in [-0.25, -0.2) is 0 Å². The Balaban J connectivity index is 2.19. The monoisotopic (exact) mass is 240 g/mol. The summed E-state index contributed by atoms with van der Waals surface area (Å²) in [6.07, 6.45) is 2.63. The molecule has 0 aliphatic carbocycles. The third-order valence-electron chi connectivity index (χ3n) is 4.15. The van der Waals surface area contributed by atoms with E-state index in [9.17, 15) is 0 Å². The van der Waals surface area contributed by atoms with Crippen molar-refractivity contribution in [3.05, 3.63) is 0 Å². The molecule has 0 N–H and O–H groups in total. The summed E-state index contributed by atoms with van der Waals surface area (Å²) in [4.78, 5) is 5.26. The van der Waals surface area contributed by atoms with Crippen molar-refractivity contribution < 1.29 is 0 Å². The fourth-order valence-electron chi connectivity index (χ4n) is 2.35. The normalized spacial score (nSPS) is 20.1. The van der Waals surface area contributed by atoms with E-state index >= 15 is 0 Å². The largest absolute Gasteiger partial charge is 0.301 e. The van der Waals surface area contributed by atoms with Crippen LogP contribution in [0.5, 0.6) is 0 Å². The van der Waals surface area contributed by atoms with Gasteiger partial charge in [-0.1, -0.05) is 41.0 Å². The zero-order valence-corrected chi connectivity index (χ0v) is 12.6. The SMILES string of the molecule is CCC(C)(C)CCN1CCN(CC(C)C)CC1. The maximum absolute atomic E-state index is 2.65. The van der Waals surface area contributed by atoms with Crippen LogP contribution in [0, 0.1) is 11.3 Å². The summed E-state index contributed by atoms with van der Waals surface area (Å²) < 4.78 is 0. The molecule has 1 saturated heterocycles. The van der Waals surface area contributed by atoms with E-state index in [0.717, 1.165) is 5.92 Å². The van der Waals surface area contributed by atoms with Gasteiger partial charge in [0.1, 0.15) is 0 Å². The lowest BCUT2D eigenvalue weighted by Gasteiger charge is -2.37. The van der Waals surface area contributed by atoms with E-state index in [2.05, 4.69) is 44.4 Å². The van der Waals surface area contributed by atoms with Gasteiger partial charge in [0.2, 0.25) is 0 Å². The Labute approximate surface area is 108 Å². The lowest BCUT2D eigenvalue weighted by Crippen LogP contribution is -2.47. The first kappa shape index (κ1) is 15.0. The van der Waals surface area contributed by atoms with E-state index in [1.165, 1.54) is 52.1 Å². The molecule has 1 fully saturated rings. The summed E-state index contributed by atoms with van der Waals surface area (Å²) >= 11 is 0. The van der Waals surface area contributed by atoms with Gasteiger partial charge < -0.3 is 9.80 Å². The van der Waals surface area contributed by atoms with E-state index in [0.29, 0.717) is 5.41 Å². The summed E-state index contributed by atoms with van der Waals surface area (Å²) in [5.74, 6) is 0.806. The van der Waals surface area contributed by atoms with Gasteiger partial charge in [0.15, 0.2) is 0 Å². The van der Waals surface area contributed by atoms with Gasteiger partial charge >= 0.3 is 0 Å². The van der Waals surface area contributed by atoms with Crippen LogP contribution < -0.4 is 0 Å². The number of nitrogens with zero attached hydrogens (tertiary/aromatic N) is 2. The van der Waals surface area contributed by atoms with Crippen LogP contribution >= 0.6 is 0 Å². The predicted octanol–water partition coefficient (Wildman–Crippen LogP) is 3.09. The van der Waals surface area contributed by atoms with Crippen molar-refractivity contribution in [3.63, 3.8) is 0 Å². The minimum absolute atomic E-state index is 0.523. The molecular weight excluding hydrogens is 208 g/mol. The zero-order valence-electron chi connectivity index (χ0n) is 12.6. The average Bonchev–Trinajstić information content (AvgIpc) is 2.28. The molecule has 0 atom stereocenters. The molecular formula is C15H32N2. The highest BCUT2D eigenvalue weighted by atomic mass is 15.3. The van der Waals surface area contributed by atoms with Crippen LogP contribution in [0.3, 0.4) is 0 Å². The Bertz CT molecular complexity index is 203. The Morgan fingerprint density at radius 2 is 1.53 bits per heavy atom. The smallest absolute Gasteiger partial charge is 0.0110 e. The summed E-state index contributed by atoms with van der Waals surface area (Å²) in [5, 5.41) is 0. The molecule has 1 aliphatic rings. The second-order valence-electron chi connectivity index (χ2n) is 6.80. The number of hydrogen-bond donors (Lipinski definition) is 0. The number of hydrogen-bond acceptors (Lipinski definition) is 2. The molecule has 0 unspecified atom stereocenters. The summed E-state index contributed by atoms with van der Waals surface area (Å²) in [6, 6.07) is 0. The predicted molar refractivity (Wildman–Crippen MR) is 76.4 cm³/mol. The summed E-state index contributed by atoms with van der Waals surface area (Å²) in [5.41, 5.74) is 0.523. The molecule has 1 rings (SSSR count). The van der Waals surface area contributed by atoms with Crippen molar-refractivity contribution in [2.75, 3.05) is 39.3 Å². The van der Waals surface area contributed by atoms with Crippen molar-refractivity contribution in [1.29, 1.82) is 0 Å². The van der Waals surface area contributed by atoms with Crippen molar-refractivity contribution in [3.8, 4) is 0 Å². The maximum Gasteiger partial charge on any atom is 0.0110 e. The Kier molecular flexibility index (Phi) is 5.94. The molecule has 0 aromatic carbocycles. The molecule has 0 radical (unpaired) electrons. The van der Waals surface area contributed by atoms with Gasteiger partial charge in [0, 0.05) is 32.7 Å². The molecule has 2 heteroatoms. The van der Waals surface area contributed by atoms with Crippen LogP contribution in [0.4, 0.5) is 0 Å². The topological polar surface area (TPSA) is 6.48 Å². The zero-order chi connectivity index (χ0) is 12.9. The van der Waals surface area contributed by atoms with E-state index < -0.39 is 0 Å². The highest BCUT2D eigenvalue weighted by Gasteiger charge is 2.20. The molecule has 17 heavy (non-hydrogen) atoms. The average molecular weight is 240 g/mol. The Morgan fingerprint density at radius 3 is 2.00 bits per heavy atom. The fraction of sp³-hybridized carbons (Fsp3) is 1.00. The maximum atomic E-state index is 2.65. The highest BCUT2D eigenvalue weighted by molar-refractivity contribution is 4.75. The first-order chi connectivity index (χ1) is 7.93. The number of piperazine rings is 1. The van der Waals surface area contributed by atoms with Crippen LogP contribution in [0.15, 0.2) is 0 Å². The molecule has 1 aliphatic heterocycles. The van der Waals surface area contributed by atoms with Crippen molar-refractivity contribution in [1.82, 2.24) is 9.80 Å². The second-order valence-corrected chi connectivity index (χ2v) is 6.80. The Morgan fingerprint density at radius 1 is 1.00 bits per heavy atom. The third kappa shape index (κ3) is 5.87. The van der Waals surface area contributed by atoms with Gasteiger partial charge in [0.25, 0.3) is 0 Å². The second kappa shape index (κ2) is 6.75. The van der Waals surface area contributed by atoms with E-state index in [1.807, 2.05) is 0 Å². The van der Waals surface area contributed by atoms with Crippen LogP contribution in [0.2, 0.25) is 0 Å². The van der Waals surface area contributed by atoms with Crippen molar-refractivity contribution >= 4 is 0 Å².